The predicted octanol–water partition coefficient (Wildman–Crippen LogP) is 5.99. The van der Waals surface area contributed by atoms with Gasteiger partial charge in [-0.3, -0.25) is 4.79 Å². The van der Waals surface area contributed by atoms with Gasteiger partial charge in [-0.15, -0.1) is 22.7 Å². The highest BCUT2D eigenvalue weighted by Crippen LogP contribution is 2.51. The van der Waals surface area contributed by atoms with Gasteiger partial charge in [-0.1, -0.05) is 39.0 Å². The van der Waals surface area contributed by atoms with Crippen molar-refractivity contribution in [3.63, 3.8) is 0 Å². The first-order valence-corrected chi connectivity index (χ1v) is 12.5. The molecule has 1 aliphatic rings. The normalized spacial score (nSPS) is 16.3. The van der Waals surface area contributed by atoms with Crippen LogP contribution in [0.5, 0.6) is 0 Å². The van der Waals surface area contributed by atoms with Crippen LogP contribution in [0.3, 0.4) is 0 Å². The van der Waals surface area contributed by atoms with Crippen LogP contribution >= 0.6 is 54.5 Å². The number of hydrogen-bond donors (Lipinski definition) is 0. The van der Waals surface area contributed by atoms with Crippen LogP contribution < -0.4 is 0 Å². The zero-order chi connectivity index (χ0) is 17.5. The van der Waals surface area contributed by atoms with E-state index in [1.54, 1.807) is 0 Å². The zero-order valence-corrected chi connectivity index (χ0v) is 18.7. The van der Waals surface area contributed by atoms with Crippen molar-refractivity contribution in [1.82, 2.24) is 4.31 Å². The van der Waals surface area contributed by atoms with Crippen LogP contribution in [0.25, 0.3) is 10.1 Å². The number of sulfonamides is 1. The highest BCUT2D eigenvalue weighted by molar-refractivity contribution is 9.12. The van der Waals surface area contributed by atoms with Gasteiger partial charge in [0.15, 0.2) is 0 Å². The molecule has 0 bridgehead atoms. The first-order valence-electron chi connectivity index (χ1n) is 7.87. The number of halogens is 2. The van der Waals surface area contributed by atoms with E-state index in [4.69, 9.17) is 0 Å². The summed E-state index contributed by atoms with van der Waals surface area (Å²) >= 11 is 9.57. The number of carbonyl (C=O) groups excluding carboxylic acids is 1. The standard InChI is InChI=1S/C15H17Br2NO3S3/c1-2-3-4-5-6-7-8-18-15(19)11-12(24(18,20)21)9-10(22-11)14(17)23-13(9)16/h2-8H2,1H3. The van der Waals surface area contributed by atoms with E-state index in [1.807, 2.05) is 0 Å². The second-order valence-electron chi connectivity index (χ2n) is 5.76. The fraction of sp³-hybridized carbons (Fsp3) is 0.533. The Bertz CT molecular complexity index is 886. The molecule has 0 atom stereocenters. The summed E-state index contributed by atoms with van der Waals surface area (Å²) in [6.07, 6.45) is 6.32. The monoisotopic (exact) mass is 513 g/mol. The summed E-state index contributed by atoms with van der Waals surface area (Å²) in [5.74, 6) is -0.372. The third-order valence-electron chi connectivity index (χ3n) is 4.10. The average Bonchev–Trinajstić information content (AvgIpc) is 3.10. The SMILES string of the molecule is CCCCCCCCN1C(=O)c2sc3c(Br)sc(Br)c3c2S1(=O)=O. The van der Waals surface area contributed by atoms with Crippen molar-refractivity contribution in [1.29, 1.82) is 0 Å². The number of thiophene rings is 2. The first-order chi connectivity index (χ1) is 11.4. The van der Waals surface area contributed by atoms with Crippen molar-refractivity contribution >= 4 is 80.6 Å². The van der Waals surface area contributed by atoms with E-state index in [9.17, 15) is 13.2 Å². The third kappa shape index (κ3) is 3.11. The second kappa shape index (κ2) is 7.34. The number of amides is 1. The van der Waals surface area contributed by atoms with Gasteiger partial charge in [0.2, 0.25) is 0 Å². The summed E-state index contributed by atoms with van der Waals surface area (Å²) in [7, 11) is -3.74. The molecule has 0 fully saturated rings. The highest BCUT2D eigenvalue weighted by Gasteiger charge is 2.45. The molecule has 1 amide bonds. The molecule has 9 heteroatoms. The van der Waals surface area contributed by atoms with Gasteiger partial charge in [-0.05, 0) is 38.3 Å². The van der Waals surface area contributed by atoms with E-state index in [2.05, 4.69) is 38.8 Å². The molecule has 0 aliphatic carbocycles. The maximum absolute atomic E-state index is 12.9. The number of hydrogen-bond acceptors (Lipinski definition) is 5. The number of rotatable bonds is 7. The minimum Gasteiger partial charge on any atom is -0.267 e. The molecule has 132 valence electrons. The summed E-state index contributed by atoms with van der Waals surface area (Å²) in [6.45, 7) is 2.44. The van der Waals surface area contributed by atoms with Crippen LogP contribution in [0, 0.1) is 0 Å². The number of unbranched alkanes of at least 4 members (excludes halogenated alkanes) is 5. The minimum absolute atomic E-state index is 0.187. The molecule has 1 aliphatic heterocycles. The fourth-order valence-electron chi connectivity index (χ4n) is 2.89. The van der Waals surface area contributed by atoms with Crippen molar-refractivity contribution in [3.05, 3.63) is 12.4 Å². The molecule has 3 heterocycles. The molecule has 0 N–H and O–H groups in total. The fourth-order valence-corrected chi connectivity index (χ4v) is 9.88. The van der Waals surface area contributed by atoms with Gasteiger partial charge >= 0.3 is 0 Å². The van der Waals surface area contributed by atoms with Crippen LogP contribution in [0.15, 0.2) is 12.5 Å². The molecule has 0 aromatic carbocycles. The molecule has 0 spiro atoms. The lowest BCUT2D eigenvalue weighted by atomic mass is 10.1. The minimum atomic E-state index is -3.74. The van der Waals surface area contributed by atoms with E-state index in [0.29, 0.717) is 10.3 Å². The van der Waals surface area contributed by atoms with Gasteiger partial charge in [0.05, 0.1) is 12.3 Å². The molecular weight excluding hydrogens is 498 g/mol. The smallest absolute Gasteiger partial charge is 0.267 e. The molecule has 4 nitrogen and oxygen atoms in total. The summed E-state index contributed by atoms with van der Waals surface area (Å²) in [6, 6.07) is 0. The van der Waals surface area contributed by atoms with Crippen molar-refractivity contribution in [3.8, 4) is 0 Å². The lowest BCUT2D eigenvalue weighted by Gasteiger charge is -2.15. The van der Waals surface area contributed by atoms with E-state index >= 15 is 0 Å². The number of carbonyl (C=O) groups is 1. The number of nitrogens with zero attached hydrogens (tertiary/aromatic N) is 1. The average molecular weight is 515 g/mol. The topological polar surface area (TPSA) is 54.5 Å². The quantitative estimate of drug-likeness (QED) is 0.426. The molecular formula is C15H17Br2NO3S3. The summed E-state index contributed by atoms with van der Waals surface area (Å²) < 4.78 is 29.2. The van der Waals surface area contributed by atoms with Gasteiger partial charge in [-0.25, -0.2) is 12.7 Å². The largest absolute Gasteiger partial charge is 0.279 e. The summed E-state index contributed by atoms with van der Waals surface area (Å²) in [5.41, 5.74) is 0. The Hall–Kier alpha value is 0.0400. The van der Waals surface area contributed by atoms with Crippen molar-refractivity contribution in [2.75, 3.05) is 6.54 Å². The van der Waals surface area contributed by atoms with Gasteiger partial charge < -0.3 is 0 Å². The Labute approximate surface area is 166 Å². The number of fused-ring (bicyclic) bond motifs is 3. The van der Waals surface area contributed by atoms with Crippen LogP contribution in [-0.2, 0) is 10.0 Å². The van der Waals surface area contributed by atoms with Crippen molar-refractivity contribution in [2.45, 2.75) is 50.3 Å². The van der Waals surface area contributed by atoms with E-state index < -0.39 is 10.0 Å². The van der Waals surface area contributed by atoms with E-state index in [-0.39, 0.29) is 17.3 Å². The molecule has 24 heavy (non-hydrogen) atoms. The molecule has 2 aromatic rings. The van der Waals surface area contributed by atoms with Gasteiger partial charge in [0.1, 0.15) is 9.77 Å². The van der Waals surface area contributed by atoms with Crippen LogP contribution in [-0.4, -0.2) is 25.2 Å². The molecule has 3 rings (SSSR count). The van der Waals surface area contributed by atoms with Crippen LogP contribution in [0.4, 0.5) is 0 Å². The maximum atomic E-state index is 12.9. The molecule has 0 saturated carbocycles. The molecule has 0 saturated heterocycles. The lowest BCUT2D eigenvalue weighted by Crippen LogP contribution is -2.31. The molecule has 0 unspecified atom stereocenters. The Balaban J connectivity index is 1.81. The lowest BCUT2D eigenvalue weighted by molar-refractivity contribution is 0.0873. The molecule has 0 radical (unpaired) electrons. The van der Waals surface area contributed by atoms with E-state index in [1.165, 1.54) is 41.9 Å². The highest BCUT2D eigenvalue weighted by atomic mass is 79.9. The van der Waals surface area contributed by atoms with Gasteiger partial charge in [0, 0.05) is 11.9 Å². The van der Waals surface area contributed by atoms with E-state index in [0.717, 1.165) is 35.8 Å². The van der Waals surface area contributed by atoms with Crippen molar-refractivity contribution < 1.29 is 13.2 Å². The van der Waals surface area contributed by atoms with Gasteiger partial charge in [0.25, 0.3) is 15.9 Å². The van der Waals surface area contributed by atoms with Gasteiger partial charge in [-0.2, -0.15) is 0 Å². The van der Waals surface area contributed by atoms with Crippen LogP contribution in [0.1, 0.15) is 55.1 Å². The Morgan fingerprint density at radius 3 is 2.38 bits per heavy atom. The Morgan fingerprint density at radius 2 is 1.67 bits per heavy atom. The Morgan fingerprint density at radius 1 is 1.00 bits per heavy atom. The zero-order valence-electron chi connectivity index (χ0n) is 13.1. The van der Waals surface area contributed by atoms with Crippen LogP contribution in [0.2, 0.25) is 0 Å². The maximum Gasteiger partial charge on any atom is 0.279 e. The molecule has 2 aromatic heterocycles. The second-order valence-corrected chi connectivity index (χ2v) is 12.2. The Kier molecular flexibility index (Phi) is 5.76. The summed E-state index contributed by atoms with van der Waals surface area (Å²) in [4.78, 5) is 13.1. The third-order valence-corrected chi connectivity index (χ3v) is 10.2. The first kappa shape index (κ1) is 18.8. The summed E-state index contributed by atoms with van der Waals surface area (Å²) in [5, 5.41) is 0.644. The van der Waals surface area contributed by atoms with Crippen molar-refractivity contribution in [2.24, 2.45) is 0 Å². The predicted molar refractivity (Wildman–Crippen MR) is 107 cm³/mol.